The zero-order chi connectivity index (χ0) is 17.8. The molecule has 1 aliphatic heterocycles. The SMILES string of the molecule is O=C(c1ccc(Cl)cc1)C1CCN(C(C(=O)O)c2ccccc2)CC1. The van der Waals surface area contributed by atoms with Crippen LogP contribution in [0.4, 0.5) is 0 Å². The number of rotatable bonds is 5. The average Bonchev–Trinajstić information content (AvgIpc) is 2.63. The largest absolute Gasteiger partial charge is 0.480 e. The lowest BCUT2D eigenvalue weighted by molar-refractivity contribution is -0.144. The van der Waals surface area contributed by atoms with Gasteiger partial charge in [-0.25, -0.2) is 0 Å². The van der Waals surface area contributed by atoms with Crippen LogP contribution in [0.3, 0.4) is 0 Å². The third-order valence-electron chi connectivity index (χ3n) is 4.74. The molecule has 1 heterocycles. The predicted octanol–water partition coefficient (Wildman–Crippen LogP) is 4.06. The fraction of sp³-hybridized carbons (Fsp3) is 0.300. The van der Waals surface area contributed by atoms with Gasteiger partial charge in [-0.15, -0.1) is 0 Å². The van der Waals surface area contributed by atoms with Crippen molar-refractivity contribution in [1.29, 1.82) is 0 Å². The number of likely N-dealkylation sites (tertiary alicyclic amines) is 1. The van der Waals surface area contributed by atoms with E-state index in [4.69, 9.17) is 11.6 Å². The van der Waals surface area contributed by atoms with Gasteiger partial charge in [-0.3, -0.25) is 14.5 Å². The highest BCUT2D eigenvalue weighted by atomic mass is 35.5. The minimum absolute atomic E-state index is 0.0670. The molecule has 1 atom stereocenters. The monoisotopic (exact) mass is 357 g/mol. The number of halogens is 1. The number of carboxylic acids is 1. The van der Waals surface area contributed by atoms with Crippen molar-refractivity contribution in [3.05, 3.63) is 70.7 Å². The van der Waals surface area contributed by atoms with E-state index in [9.17, 15) is 14.7 Å². The molecule has 0 saturated carbocycles. The molecule has 2 aromatic carbocycles. The quantitative estimate of drug-likeness (QED) is 0.820. The fourth-order valence-corrected chi connectivity index (χ4v) is 3.54. The van der Waals surface area contributed by atoms with Crippen LogP contribution < -0.4 is 0 Å². The first-order valence-electron chi connectivity index (χ1n) is 8.38. The van der Waals surface area contributed by atoms with E-state index in [2.05, 4.69) is 0 Å². The third kappa shape index (κ3) is 4.09. The summed E-state index contributed by atoms with van der Waals surface area (Å²) in [7, 11) is 0. The van der Waals surface area contributed by atoms with Gasteiger partial charge in [-0.1, -0.05) is 41.9 Å². The Morgan fingerprint density at radius 3 is 2.16 bits per heavy atom. The van der Waals surface area contributed by atoms with E-state index >= 15 is 0 Å². The molecule has 0 radical (unpaired) electrons. The Morgan fingerprint density at radius 2 is 1.60 bits per heavy atom. The van der Waals surface area contributed by atoms with Gasteiger partial charge in [-0.05, 0) is 55.8 Å². The van der Waals surface area contributed by atoms with Crippen LogP contribution in [0.2, 0.25) is 5.02 Å². The van der Waals surface area contributed by atoms with Gasteiger partial charge in [0.15, 0.2) is 5.78 Å². The van der Waals surface area contributed by atoms with Crippen LogP contribution >= 0.6 is 11.6 Å². The molecular formula is C20H20ClNO3. The van der Waals surface area contributed by atoms with Crippen molar-refractivity contribution in [2.45, 2.75) is 18.9 Å². The summed E-state index contributed by atoms with van der Waals surface area (Å²) in [6.07, 6.45) is 1.33. The first kappa shape index (κ1) is 17.6. The van der Waals surface area contributed by atoms with E-state index in [0.29, 0.717) is 36.5 Å². The number of carbonyl (C=O) groups is 2. The first-order valence-corrected chi connectivity index (χ1v) is 8.75. The van der Waals surface area contributed by atoms with E-state index in [1.54, 1.807) is 24.3 Å². The number of hydrogen-bond acceptors (Lipinski definition) is 3. The van der Waals surface area contributed by atoms with Gasteiger partial charge in [-0.2, -0.15) is 0 Å². The predicted molar refractivity (Wildman–Crippen MR) is 96.9 cm³/mol. The molecule has 1 aliphatic rings. The number of nitrogens with zero attached hydrogens (tertiary/aromatic N) is 1. The van der Waals surface area contributed by atoms with E-state index < -0.39 is 12.0 Å². The van der Waals surface area contributed by atoms with Crippen molar-refractivity contribution in [3.63, 3.8) is 0 Å². The second-order valence-corrected chi connectivity index (χ2v) is 6.77. The van der Waals surface area contributed by atoms with Crippen molar-refractivity contribution >= 4 is 23.4 Å². The number of piperidine rings is 1. The second-order valence-electron chi connectivity index (χ2n) is 6.33. The smallest absolute Gasteiger partial charge is 0.325 e. The number of benzene rings is 2. The number of Topliss-reactive ketones (excluding diaryl/α,β-unsaturated/α-hetero) is 1. The number of aliphatic carboxylic acids is 1. The molecule has 1 unspecified atom stereocenters. The Hall–Kier alpha value is -2.17. The number of carbonyl (C=O) groups excluding carboxylic acids is 1. The Labute approximate surface area is 152 Å². The summed E-state index contributed by atoms with van der Waals surface area (Å²) < 4.78 is 0. The second kappa shape index (κ2) is 7.81. The van der Waals surface area contributed by atoms with Gasteiger partial charge >= 0.3 is 5.97 Å². The van der Waals surface area contributed by atoms with Crippen LogP contribution in [0.1, 0.15) is 34.8 Å². The van der Waals surface area contributed by atoms with Crippen molar-refractivity contribution in [2.24, 2.45) is 5.92 Å². The minimum Gasteiger partial charge on any atom is -0.480 e. The molecule has 0 aromatic heterocycles. The minimum atomic E-state index is -0.853. The summed E-state index contributed by atoms with van der Waals surface area (Å²) in [4.78, 5) is 26.3. The summed E-state index contributed by atoms with van der Waals surface area (Å²) >= 11 is 5.87. The molecule has 25 heavy (non-hydrogen) atoms. The lowest BCUT2D eigenvalue weighted by Gasteiger charge is -2.35. The van der Waals surface area contributed by atoms with Gasteiger partial charge in [0.1, 0.15) is 6.04 Å². The van der Waals surface area contributed by atoms with Gasteiger partial charge in [0.2, 0.25) is 0 Å². The lowest BCUT2D eigenvalue weighted by atomic mass is 9.88. The molecule has 4 nitrogen and oxygen atoms in total. The standard InChI is InChI=1S/C20H20ClNO3/c21-17-8-6-15(7-9-17)19(23)16-10-12-22(13-11-16)18(20(24)25)14-4-2-1-3-5-14/h1-9,16,18H,10-13H2,(H,24,25). The first-order chi connectivity index (χ1) is 12.1. The van der Waals surface area contributed by atoms with Crippen LogP contribution in [0.5, 0.6) is 0 Å². The fourth-order valence-electron chi connectivity index (χ4n) is 3.41. The average molecular weight is 358 g/mol. The molecule has 3 rings (SSSR count). The summed E-state index contributed by atoms with van der Waals surface area (Å²) in [6.45, 7) is 1.19. The molecule has 0 bridgehead atoms. The van der Waals surface area contributed by atoms with Crippen LogP contribution in [-0.4, -0.2) is 34.8 Å². The summed E-state index contributed by atoms with van der Waals surface area (Å²) in [5.74, 6) is -0.806. The zero-order valence-electron chi connectivity index (χ0n) is 13.8. The van der Waals surface area contributed by atoms with Crippen molar-refractivity contribution in [2.75, 3.05) is 13.1 Å². The van der Waals surface area contributed by atoms with Gasteiger partial charge < -0.3 is 5.11 Å². The van der Waals surface area contributed by atoms with Gasteiger partial charge in [0.25, 0.3) is 0 Å². The summed E-state index contributed by atoms with van der Waals surface area (Å²) in [5.41, 5.74) is 1.44. The molecule has 1 N–H and O–H groups in total. The van der Waals surface area contributed by atoms with E-state index in [1.165, 1.54) is 0 Å². The molecule has 2 aromatic rings. The van der Waals surface area contributed by atoms with Crippen LogP contribution in [-0.2, 0) is 4.79 Å². The highest BCUT2D eigenvalue weighted by Crippen LogP contribution is 2.29. The van der Waals surface area contributed by atoms with Crippen molar-refractivity contribution in [3.8, 4) is 0 Å². The molecular weight excluding hydrogens is 338 g/mol. The van der Waals surface area contributed by atoms with Crippen LogP contribution in [0.15, 0.2) is 54.6 Å². The Balaban J connectivity index is 1.67. The normalized spacial score (nSPS) is 17.2. The number of hydrogen-bond donors (Lipinski definition) is 1. The topological polar surface area (TPSA) is 57.6 Å². The maximum Gasteiger partial charge on any atom is 0.325 e. The van der Waals surface area contributed by atoms with Gasteiger partial charge in [0, 0.05) is 16.5 Å². The molecule has 0 amide bonds. The molecule has 5 heteroatoms. The highest BCUT2D eigenvalue weighted by Gasteiger charge is 2.33. The molecule has 0 spiro atoms. The third-order valence-corrected chi connectivity index (χ3v) is 5.00. The molecule has 0 aliphatic carbocycles. The van der Waals surface area contributed by atoms with Crippen LogP contribution in [0.25, 0.3) is 0 Å². The van der Waals surface area contributed by atoms with E-state index in [0.717, 1.165) is 5.56 Å². The zero-order valence-corrected chi connectivity index (χ0v) is 14.5. The molecule has 1 saturated heterocycles. The Kier molecular flexibility index (Phi) is 5.51. The number of carboxylic acid groups (broad SMARTS) is 1. The Bertz CT molecular complexity index is 737. The van der Waals surface area contributed by atoms with E-state index in [-0.39, 0.29) is 11.7 Å². The maximum atomic E-state index is 12.6. The molecule has 1 fully saturated rings. The maximum absolute atomic E-state index is 12.6. The summed E-state index contributed by atoms with van der Waals surface area (Å²) in [6, 6.07) is 15.5. The summed E-state index contributed by atoms with van der Waals surface area (Å²) in [5, 5.41) is 10.2. The molecule has 130 valence electrons. The van der Waals surface area contributed by atoms with Crippen molar-refractivity contribution < 1.29 is 14.7 Å². The Morgan fingerprint density at radius 1 is 1.00 bits per heavy atom. The number of ketones is 1. The lowest BCUT2D eigenvalue weighted by Crippen LogP contribution is -2.41. The van der Waals surface area contributed by atoms with Crippen LogP contribution in [0, 0.1) is 5.92 Å². The van der Waals surface area contributed by atoms with Crippen molar-refractivity contribution in [1.82, 2.24) is 4.90 Å². The highest BCUT2D eigenvalue weighted by molar-refractivity contribution is 6.30. The van der Waals surface area contributed by atoms with Gasteiger partial charge in [0.05, 0.1) is 0 Å². The van der Waals surface area contributed by atoms with E-state index in [1.807, 2.05) is 35.2 Å².